The number of fused-ring (bicyclic) bond motifs is 1. The number of aryl methyl sites for hydroxylation is 1. The Labute approximate surface area is 125 Å². The van der Waals surface area contributed by atoms with Crippen molar-refractivity contribution >= 4 is 5.97 Å². The number of likely N-dealkylation sites (tertiary alicyclic amines) is 1. The van der Waals surface area contributed by atoms with E-state index in [1.807, 2.05) is 6.07 Å². The molecule has 3 rings (SSSR count). The molecule has 0 bridgehead atoms. The Morgan fingerprint density at radius 3 is 2.71 bits per heavy atom. The molecule has 114 valence electrons. The van der Waals surface area contributed by atoms with Crippen LogP contribution in [0.15, 0.2) is 18.2 Å². The highest BCUT2D eigenvalue weighted by Gasteiger charge is 2.31. The number of piperidine rings is 1. The zero-order valence-electron chi connectivity index (χ0n) is 12.5. The maximum atomic E-state index is 11.1. The van der Waals surface area contributed by atoms with Crippen molar-refractivity contribution in [3.8, 4) is 5.75 Å². The van der Waals surface area contributed by atoms with Crippen LogP contribution in [0.1, 0.15) is 42.9 Å². The Hall–Kier alpha value is -1.55. The van der Waals surface area contributed by atoms with Gasteiger partial charge in [0.1, 0.15) is 5.75 Å². The van der Waals surface area contributed by atoms with Crippen LogP contribution in [-0.4, -0.2) is 36.2 Å². The SMILES string of the molecule is COc1ccc2c(c1)CCCC2N1CCC(C(=O)O)CC1. The molecule has 1 aromatic rings. The fourth-order valence-corrected chi connectivity index (χ4v) is 3.73. The average molecular weight is 289 g/mol. The van der Waals surface area contributed by atoms with E-state index in [2.05, 4.69) is 17.0 Å². The zero-order valence-corrected chi connectivity index (χ0v) is 12.5. The van der Waals surface area contributed by atoms with E-state index in [0.29, 0.717) is 6.04 Å². The highest BCUT2D eigenvalue weighted by Crippen LogP contribution is 2.37. The number of aliphatic carboxylic acids is 1. The van der Waals surface area contributed by atoms with Gasteiger partial charge >= 0.3 is 5.97 Å². The molecule has 2 aliphatic rings. The molecule has 21 heavy (non-hydrogen) atoms. The molecule has 1 heterocycles. The summed E-state index contributed by atoms with van der Waals surface area (Å²) in [5.41, 5.74) is 2.81. The van der Waals surface area contributed by atoms with E-state index < -0.39 is 5.97 Å². The Balaban J connectivity index is 1.75. The first-order valence-corrected chi connectivity index (χ1v) is 7.82. The van der Waals surface area contributed by atoms with Crippen LogP contribution in [0.2, 0.25) is 0 Å². The van der Waals surface area contributed by atoms with Crippen LogP contribution in [0.25, 0.3) is 0 Å². The van der Waals surface area contributed by atoms with Gasteiger partial charge in [0.05, 0.1) is 13.0 Å². The van der Waals surface area contributed by atoms with E-state index in [1.165, 1.54) is 24.0 Å². The lowest BCUT2D eigenvalue weighted by atomic mass is 9.85. The minimum absolute atomic E-state index is 0.153. The number of carboxylic acid groups (broad SMARTS) is 1. The fraction of sp³-hybridized carbons (Fsp3) is 0.588. The quantitative estimate of drug-likeness (QED) is 0.929. The number of carboxylic acids is 1. The third-order valence-corrected chi connectivity index (χ3v) is 4.95. The van der Waals surface area contributed by atoms with Crippen molar-refractivity contribution in [1.29, 1.82) is 0 Å². The van der Waals surface area contributed by atoms with Crippen LogP contribution in [0, 0.1) is 5.92 Å². The van der Waals surface area contributed by atoms with Crippen LogP contribution in [0.4, 0.5) is 0 Å². The predicted octanol–water partition coefficient (Wildman–Crippen LogP) is 2.87. The zero-order chi connectivity index (χ0) is 14.8. The second-order valence-electron chi connectivity index (χ2n) is 6.12. The number of rotatable bonds is 3. The smallest absolute Gasteiger partial charge is 0.306 e. The Bertz CT molecular complexity index is 521. The van der Waals surface area contributed by atoms with E-state index >= 15 is 0 Å². The van der Waals surface area contributed by atoms with Crippen molar-refractivity contribution in [2.24, 2.45) is 5.92 Å². The molecule has 1 aliphatic carbocycles. The third-order valence-electron chi connectivity index (χ3n) is 4.95. The van der Waals surface area contributed by atoms with E-state index in [1.54, 1.807) is 7.11 Å². The lowest BCUT2D eigenvalue weighted by Crippen LogP contribution is -2.39. The van der Waals surface area contributed by atoms with Crippen molar-refractivity contribution in [1.82, 2.24) is 4.90 Å². The van der Waals surface area contributed by atoms with Crippen LogP contribution in [0.3, 0.4) is 0 Å². The standard InChI is InChI=1S/C17H23NO3/c1-21-14-5-6-15-13(11-14)3-2-4-16(15)18-9-7-12(8-10-18)17(19)20/h5-6,11-12,16H,2-4,7-10H2,1H3,(H,19,20). The summed E-state index contributed by atoms with van der Waals surface area (Å²) in [6, 6.07) is 6.85. The van der Waals surface area contributed by atoms with Crippen LogP contribution < -0.4 is 4.74 Å². The van der Waals surface area contributed by atoms with Crippen molar-refractivity contribution in [2.75, 3.05) is 20.2 Å². The molecule has 1 unspecified atom stereocenters. The van der Waals surface area contributed by atoms with Crippen molar-refractivity contribution in [3.63, 3.8) is 0 Å². The summed E-state index contributed by atoms with van der Waals surface area (Å²) in [6.45, 7) is 1.79. The first kappa shape index (κ1) is 14.4. The van der Waals surface area contributed by atoms with Gasteiger partial charge in [0.15, 0.2) is 0 Å². The summed E-state index contributed by atoms with van der Waals surface area (Å²) >= 11 is 0. The van der Waals surface area contributed by atoms with Gasteiger partial charge in [-0.15, -0.1) is 0 Å². The molecular formula is C17H23NO3. The van der Waals surface area contributed by atoms with Gasteiger partial charge in [0.25, 0.3) is 0 Å². The van der Waals surface area contributed by atoms with Gasteiger partial charge in [-0.05, 0) is 68.5 Å². The van der Waals surface area contributed by atoms with Gasteiger partial charge in [-0.2, -0.15) is 0 Å². The Morgan fingerprint density at radius 1 is 1.29 bits per heavy atom. The Morgan fingerprint density at radius 2 is 2.05 bits per heavy atom. The predicted molar refractivity (Wildman–Crippen MR) is 80.6 cm³/mol. The summed E-state index contributed by atoms with van der Waals surface area (Å²) in [5.74, 6) is 0.141. The monoisotopic (exact) mass is 289 g/mol. The highest BCUT2D eigenvalue weighted by atomic mass is 16.5. The topological polar surface area (TPSA) is 49.8 Å². The van der Waals surface area contributed by atoms with Gasteiger partial charge in [-0.1, -0.05) is 6.07 Å². The van der Waals surface area contributed by atoms with Gasteiger partial charge in [0, 0.05) is 6.04 Å². The maximum Gasteiger partial charge on any atom is 0.306 e. The largest absolute Gasteiger partial charge is 0.497 e. The van der Waals surface area contributed by atoms with Gasteiger partial charge in [-0.25, -0.2) is 0 Å². The summed E-state index contributed by atoms with van der Waals surface area (Å²) < 4.78 is 5.32. The molecule has 1 aromatic carbocycles. The van der Waals surface area contributed by atoms with E-state index in [0.717, 1.165) is 38.1 Å². The fourth-order valence-electron chi connectivity index (χ4n) is 3.73. The highest BCUT2D eigenvalue weighted by molar-refractivity contribution is 5.70. The molecule has 0 spiro atoms. The maximum absolute atomic E-state index is 11.1. The summed E-state index contributed by atoms with van der Waals surface area (Å²) in [7, 11) is 1.71. The molecule has 4 nitrogen and oxygen atoms in total. The van der Waals surface area contributed by atoms with E-state index in [9.17, 15) is 4.79 Å². The summed E-state index contributed by atoms with van der Waals surface area (Å²) in [6.07, 6.45) is 5.05. The molecule has 0 saturated carbocycles. The second-order valence-corrected chi connectivity index (χ2v) is 6.12. The molecule has 0 radical (unpaired) electrons. The average Bonchev–Trinajstić information content (AvgIpc) is 2.53. The van der Waals surface area contributed by atoms with Gasteiger partial charge < -0.3 is 9.84 Å². The molecule has 1 N–H and O–H groups in total. The first-order chi connectivity index (χ1) is 10.2. The number of ether oxygens (including phenoxy) is 1. The number of benzene rings is 1. The molecular weight excluding hydrogens is 266 g/mol. The number of nitrogens with zero attached hydrogens (tertiary/aromatic N) is 1. The van der Waals surface area contributed by atoms with E-state index in [4.69, 9.17) is 9.84 Å². The molecule has 0 aromatic heterocycles. The van der Waals surface area contributed by atoms with E-state index in [-0.39, 0.29) is 5.92 Å². The molecule has 0 amide bonds. The molecule has 1 saturated heterocycles. The molecule has 4 heteroatoms. The first-order valence-electron chi connectivity index (χ1n) is 7.82. The lowest BCUT2D eigenvalue weighted by Gasteiger charge is -2.39. The Kier molecular flexibility index (Phi) is 4.15. The summed E-state index contributed by atoms with van der Waals surface area (Å²) in [4.78, 5) is 13.5. The number of methoxy groups -OCH3 is 1. The summed E-state index contributed by atoms with van der Waals surface area (Å²) in [5, 5.41) is 9.12. The van der Waals surface area contributed by atoms with Gasteiger partial charge in [0.2, 0.25) is 0 Å². The van der Waals surface area contributed by atoms with Gasteiger partial charge in [-0.3, -0.25) is 9.69 Å². The number of hydrogen-bond donors (Lipinski definition) is 1. The lowest BCUT2D eigenvalue weighted by molar-refractivity contribution is -0.143. The van der Waals surface area contributed by atoms with Crippen LogP contribution in [0.5, 0.6) is 5.75 Å². The number of carbonyl (C=O) groups is 1. The molecule has 1 fully saturated rings. The third kappa shape index (κ3) is 2.91. The normalized spacial score (nSPS) is 23.6. The number of hydrogen-bond acceptors (Lipinski definition) is 3. The molecule has 1 aliphatic heterocycles. The molecule has 1 atom stereocenters. The minimum atomic E-state index is -0.636. The van der Waals surface area contributed by atoms with Crippen molar-refractivity contribution in [3.05, 3.63) is 29.3 Å². The minimum Gasteiger partial charge on any atom is -0.497 e. The van der Waals surface area contributed by atoms with Crippen molar-refractivity contribution in [2.45, 2.75) is 38.1 Å². The van der Waals surface area contributed by atoms with Crippen LogP contribution in [-0.2, 0) is 11.2 Å². The van der Waals surface area contributed by atoms with Crippen molar-refractivity contribution < 1.29 is 14.6 Å². The second kappa shape index (κ2) is 6.06. The van der Waals surface area contributed by atoms with Crippen LogP contribution >= 0.6 is 0 Å².